The van der Waals surface area contributed by atoms with Gasteiger partial charge in [0.05, 0.1) is 36.6 Å². The highest BCUT2D eigenvalue weighted by Crippen LogP contribution is 2.47. The van der Waals surface area contributed by atoms with Gasteiger partial charge in [-0.3, -0.25) is 24.3 Å². The number of methoxy groups -OCH3 is 1. The number of rotatable bonds is 17. The molecule has 16 nitrogen and oxygen atoms in total. The lowest BCUT2D eigenvalue weighted by molar-refractivity contribution is -0.136. The fourth-order valence-corrected chi connectivity index (χ4v) is 8.91. The number of aromatic nitrogens is 2. The zero-order valence-corrected chi connectivity index (χ0v) is 34.8. The normalized spacial score (nSPS) is 17.2. The number of unbranched alkanes of at least 4 members (excludes halogenated alkanes) is 1. The van der Waals surface area contributed by atoms with Crippen molar-refractivity contribution in [1.29, 1.82) is 0 Å². The first-order chi connectivity index (χ1) is 28.6. The van der Waals surface area contributed by atoms with Gasteiger partial charge in [-0.25, -0.2) is 4.98 Å². The van der Waals surface area contributed by atoms with Gasteiger partial charge >= 0.3 is 7.60 Å². The van der Waals surface area contributed by atoms with Gasteiger partial charge < -0.3 is 44.3 Å². The summed E-state index contributed by atoms with van der Waals surface area (Å²) in [7, 11) is 0.715. The van der Waals surface area contributed by atoms with Crippen molar-refractivity contribution in [3.8, 4) is 11.5 Å². The molecule has 4 N–H and O–H groups in total. The smallest absolute Gasteiger partial charge is 0.362 e. The summed E-state index contributed by atoms with van der Waals surface area (Å²) in [5, 5.41) is 13.0. The molecule has 4 aromatic rings. The van der Waals surface area contributed by atoms with Crippen molar-refractivity contribution in [3.05, 3.63) is 83.0 Å². The molecule has 59 heavy (non-hydrogen) atoms. The predicted molar refractivity (Wildman–Crippen MR) is 225 cm³/mol. The summed E-state index contributed by atoms with van der Waals surface area (Å²) in [6.45, 7) is 3.56. The molecule has 3 aliphatic rings. The molecule has 3 aromatic carbocycles. The minimum atomic E-state index is -3.56. The summed E-state index contributed by atoms with van der Waals surface area (Å²) in [6.07, 6.45) is 5.89. The molecule has 1 atom stereocenters. The van der Waals surface area contributed by atoms with Crippen LogP contribution >= 0.6 is 19.2 Å². The average molecular weight is 847 g/mol. The zero-order chi connectivity index (χ0) is 41.5. The minimum Gasteiger partial charge on any atom is -0.494 e. The van der Waals surface area contributed by atoms with Crippen LogP contribution in [0.5, 0.6) is 11.5 Å². The third-order valence-corrected chi connectivity index (χ3v) is 13.0. The molecule has 1 aromatic heterocycles. The van der Waals surface area contributed by atoms with Crippen molar-refractivity contribution in [3.63, 3.8) is 0 Å². The molecular formula is C41H48ClN8O8P. The lowest BCUT2D eigenvalue weighted by atomic mass is 10.0. The van der Waals surface area contributed by atoms with E-state index in [-0.39, 0.29) is 29.2 Å². The van der Waals surface area contributed by atoms with Crippen LogP contribution in [0.3, 0.4) is 0 Å². The van der Waals surface area contributed by atoms with Crippen LogP contribution in [0, 0.1) is 0 Å². The highest BCUT2D eigenvalue weighted by atomic mass is 35.5. The zero-order valence-electron chi connectivity index (χ0n) is 33.2. The second-order valence-corrected chi connectivity index (χ2v) is 17.0. The second kappa shape index (κ2) is 18.8. The van der Waals surface area contributed by atoms with Gasteiger partial charge in [0.15, 0.2) is 5.82 Å². The van der Waals surface area contributed by atoms with Gasteiger partial charge in [-0.15, -0.1) is 0 Å². The molecule has 7 rings (SSSR count). The number of nitrogens with one attached hydrogen (secondary N) is 4. The Bertz CT molecular complexity index is 2230. The number of ether oxygens (including phenoxy) is 2. The number of amides is 3. The van der Waals surface area contributed by atoms with E-state index in [1.54, 1.807) is 48.4 Å². The standard InChI is InChI=1S/C41H48ClN8O8P/c1-55-35-23-28(10-13-32(35)46-41-44-24-31(42)38(48-41)45-33-8-4-5-9-36(33)59(54,56-2)57-3)49-19-16-27(17-20-49)43-18-6-7-21-58-29-11-12-30-26(22-29)25-50(40(30)53)34-14-15-37(51)47-39(34)52/h4-5,8-13,22-24,27,34,43H,6-7,14-21,25H2,1-3H3,(H,47,51,52)(H2,44,45,46,48). The van der Waals surface area contributed by atoms with Crippen molar-refractivity contribution in [1.82, 2.24) is 25.5 Å². The maximum absolute atomic E-state index is 13.2. The first-order valence-electron chi connectivity index (χ1n) is 19.5. The molecule has 2 saturated heterocycles. The Hall–Kier alpha value is -5.25. The number of piperidine rings is 2. The first-order valence-corrected chi connectivity index (χ1v) is 21.5. The van der Waals surface area contributed by atoms with Gasteiger partial charge in [-0.2, -0.15) is 4.98 Å². The molecule has 2 fully saturated rings. The van der Waals surface area contributed by atoms with E-state index in [2.05, 4.69) is 36.1 Å². The van der Waals surface area contributed by atoms with Crippen molar-refractivity contribution in [2.75, 3.05) is 63.1 Å². The van der Waals surface area contributed by atoms with E-state index in [9.17, 15) is 18.9 Å². The van der Waals surface area contributed by atoms with Gasteiger partial charge in [0, 0.05) is 63.6 Å². The van der Waals surface area contributed by atoms with Gasteiger partial charge in [-0.1, -0.05) is 23.7 Å². The van der Waals surface area contributed by atoms with Crippen LogP contribution < -0.4 is 40.9 Å². The largest absolute Gasteiger partial charge is 0.494 e. The SMILES string of the molecule is COc1cc(N2CCC(NCCCCOc3ccc4c(c3)CN(C3CCC(=O)NC3=O)C4=O)CC2)ccc1Nc1ncc(Cl)c(Nc2ccccc2P(=O)(OC)OC)n1. The number of carbonyl (C=O) groups is 3. The molecule has 0 spiro atoms. The molecule has 0 saturated carbocycles. The summed E-state index contributed by atoms with van der Waals surface area (Å²) in [6, 6.07) is 18.1. The number of fused-ring (bicyclic) bond motifs is 1. The van der Waals surface area contributed by atoms with Crippen LogP contribution in [0.15, 0.2) is 66.9 Å². The second-order valence-electron chi connectivity index (χ2n) is 14.4. The Labute approximate surface area is 347 Å². The summed E-state index contributed by atoms with van der Waals surface area (Å²) in [5.41, 5.74) is 3.60. The van der Waals surface area contributed by atoms with E-state index >= 15 is 0 Å². The van der Waals surface area contributed by atoms with Gasteiger partial charge in [0.25, 0.3) is 5.91 Å². The molecule has 0 aliphatic carbocycles. The first kappa shape index (κ1) is 41.9. The number of nitrogens with zero attached hydrogens (tertiary/aromatic N) is 4. The molecule has 312 valence electrons. The fraction of sp³-hybridized carbons (Fsp3) is 0.390. The number of imide groups is 1. The quantitative estimate of drug-likeness (QED) is 0.0558. The lowest BCUT2D eigenvalue weighted by Crippen LogP contribution is -2.52. The summed E-state index contributed by atoms with van der Waals surface area (Å²) in [5.74, 6) is 1.00. The molecule has 3 amide bonds. The van der Waals surface area contributed by atoms with E-state index < -0.39 is 19.5 Å². The summed E-state index contributed by atoms with van der Waals surface area (Å²) in [4.78, 5) is 49.7. The van der Waals surface area contributed by atoms with Crippen molar-refractivity contribution < 1.29 is 37.5 Å². The van der Waals surface area contributed by atoms with E-state index in [0.717, 1.165) is 56.6 Å². The van der Waals surface area contributed by atoms with E-state index in [4.69, 9.17) is 30.1 Å². The number of carbonyl (C=O) groups excluding carboxylic acids is 3. The third kappa shape index (κ3) is 9.63. The Kier molecular flexibility index (Phi) is 13.3. The highest BCUT2D eigenvalue weighted by molar-refractivity contribution is 7.62. The fourth-order valence-electron chi connectivity index (χ4n) is 7.54. The molecule has 0 bridgehead atoms. The van der Waals surface area contributed by atoms with Crippen LogP contribution in [-0.2, 0) is 29.7 Å². The molecule has 0 radical (unpaired) electrons. The van der Waals surface area contributed by atoms with E-state index in [0.29, 0.717) is 65.2 Å². The number of anilines is 5. The molecular weight excluding hydrogens is 799 g/mol. The van der Waals surface area contributed by atoms with Gasteiger partial charge in [0.2, 0.25) is 17.8 Å². The Morgan fingerprint density at radius 3 is 2.49 bits per heavy atom. The molecule has 1 unspecified atom stereocenters. The summed E-state index contributed by atoms with van der Waals surface area (Å²) >= 11 is 6.46. The van der Waals surface area contributed by atoms with Crippen LogP contribution in [-0.4, -0.2) is 92.2 Å². The third-order valence-electron chi connectivity index (χ3n) is 10.7. The monoisotopic (exact) mass is 846 g/mol. The van der Waals surface area contributed by atoms with Gasteiger partial charge in [-0.05, 0) is 86.7 Å². The van der Waals surface area contributed by atoms with E-state index in [1.165, 1.54) is 20.4 Å². The van der Waals surface area contributed by atoms with E-state index in [1.807, 2.05) is 24.3 Å². The van der Waals surface area contributed by atoms with Crippen LogP contribution in [0.2, 0.25) is 5.02 Å². The average Bonchev–Trinajstić information content (AvgIpc) is 3.58. The van der Waals surface area contributed by atoms with Crippen molar-refractivity contribution in [2.45, 2.75) is 57.2 Å². The number of benzene rings is 3. The van der Waals surface area contributed by atoms with Crippen LogP contribution in [0.25, 0.3) is 0 Å². The van der Waals surface area contributed by atoms with Crippen molar-refractivity contribution >= 4 is 71.1 Å². The van der Waals surface area contributed by atoms with Crippen LogP contribution in [0.4, 0.5) is 28.8 Å². The topological polar surface area (TPSA) is 186 Å². The summed E-state index contributed by atoms with van der Waals surface area (Å²) < 4.78 is 35.4. The molecule has 4 heterocycles. The van der Waals surface area contributed by atoms with Gasteiger partial charge in [0.1, 0.15) is 22.6 Å². The number of para-hydroxylation sites is 1. The highest BCUT2D eigenvalue weighted by Gasteiger charge is 2.39. The lowest BCUT2D eigenvalue weighted by Gasteiger charge is -2.34. The number of hydrogen-bond donors (Lipinski definition) is 4. The number of halogens is 1. The maximum atomic E-state index is 13.2. The molecule has 18 heteroatoms. The predicted octanol–water partition coefficient (Wildman–Crippen LogP) is 5.92. The Morgan fingerprint density at radius 1 is 0.932 bits per heavy atom. The Morgan fingerprint density at radius 2 is 1.73 bits per heavy atom. The van der Waals surface area contributed by atoms with Crippen molar-refractivity contribution in [2.24, 2.45) is 0 Å². The maximum Gasteiger partial charge on any atom is 0.362 e. The minimum absolute atomic E-state index is 0.191. The molecule has 3 aliphatic heterocycles. The van der Waals surface area contributed by atoms with Crippen LogP contribution in [0.1, 0.15) is 54.4 Å². The Balaban J connectivity index is 0.848. The number of hydrogen-bond acceptors (Lipinski definition) is 14.